The number of halogens is 2. The predicted molar refractivity (Wildman–Crippen MR) is 63.7 cm³/mol. The largest absolute Gasteiger partial charge is 0.324 e. The summed E-state index contributed by atoms with van der Waals surface area (Å²) in [5.74, 6) is 0. The first kappa shape index (κ1) is 11.2. The molecule has 0 unspecified atom stereocenters. The van der Waals surface area contributed by atoms with Crippen LogP contribution in [-0.2, 0) is 0 Å². The predicted octanol–water partition coefficient (Wildman–Crippen LogP) is 4.01. The normalized spacial score (nSPS) is 12.9. The fraction of sp³-hybridized carbons (Fsp3) is 0.400. The Balaban J connectivity index is 2.91. The first-order chi connectivity index (χ1) is 6.15. The molecule has 0 saturated heterocycles. The SMILES string of the molecule is CCC[C@H](N)c1cc(Br)ccc1Br. The van der Waals surface area contributed by atoms with Gasteiger partial charge in [0.15, 0.2) is 0 Å². The van der Waals surface area contributed by atoms with Crippen molar-refractivity contribution in [2.75, 3.05) is 0 Å². The Labute approximate surface area is 96.0 Å². The Morgan fingerprint density at radius 3 is 2.69 bits per heavy atom. The van der Waals surface area contributed by atoms with Gasteiger partial charge in [0, 0.05) is 15.0 Å². The molecule has 1 rings (SSSR count). The van der Waals surface area contributed by atoms with Crippen LogP contribution in [0.2, 0.25) is 0 Å². The van der Waals surface area contributed by atoms with Crippen LogP contribution in [0.25, 0.3) is 0 Å². The summed E-state index contributed by atoms with van der Waals surface area (Å²) in [7, 11) is 0. The monoisotopic (exact) mass is 305 g/mol. The molecule has 1 nitrogen and oxygen atoms in total. The third-order valence-electron chi connectivity index (χ3n) is 1.96. The Morgan fingerprint density at radius 2 is 2.08 bits per heavy atom. The summed E-state index contributed by atoms with van der Waals surface area (Å²) >= 11 is 6.94. The van der Waals surface area contributed by atoms with Crippen molar-refractivity contribution >= 4 is 31.9 Å². The van der Waals surface area contributed by atoms with Crippen molar-refractivity contribution in [3.05, 3.63) is 32.7 Å². The Morgan fingerprint density at radius 1 is 1.38 bits per heavy atom. The van der Waals surface area contributed by atoms with Gasteiger partial charge in [-0.15, -0.1) is 0 Å². The van der Waals surface area contributed by atoms with Gasteiger partial charge in [0.2, 0.25) is 0 Å². The standard InChI is InChI=1S/C10H13Br2N/c1-2-3-10(13)8-6-7(11)4-5-9(8)12/h4-6,10H,2-3,13H2,1H3/t10-/m0/s1. The maximum Gasteiger partial charge on any atom is 0.0306 e. The minimum Gasteiger partial charge on any atom is -0.324 e. The minimum absolute atomic E-state index is 0.136. The van der Waals surface area contributed by atoms with Crippen molar-refractivity contribution in [2.45, 2.75) is 25.8 Å². The smallest absolute Gasteiger partial charge is 0.0306 e. The van der Waals surface area contributed by atoms with Gasteiger partial charge < -0.3 is 5.73 Å². The molecule has 1 aromatic carbocycles. The number of hydrogen-bond donors (Lipinski definition) is 1. The second-order valence-electron chi connectivity index (χ2n) is 3.06. The Kier molecular flexibility index (Phi) is 4.42. The zero-order valence-corrected chi connectivity index (χ0v) is 10.7. The van der Waals surface area contributed by atoms with Gasteiger partial charge >= 0.3 is 0 Å². The molecule has 0 spiro atoms. The lowest BCUT2D eigenvalue weighted by atomic mass is 10.0. The van der Waals surface area contributed by atoms with Crippen LogP contribution >= 0.6 is 31.9 Å². The lowest BCUT2D eigenvalue weighted by Crippen LogP contribution is -2.10. The van der Waals surface area contributed by atoms with E-state index in [0.29, 0.717) is 0 Å². The maximum atomic E-state index is 6.02. The van der Waals surface area contributed by atoms with Crippen LogP contribution in [0.3, 0.4) is 0 Å². The molecule has 13 heavy (non-hydrogen) atoms. The van der Waals surface area contributed by atoms with E-state index < -0.39 is 0 Å². The molecule has 0 amide bonds. The van der Waals surface area contributed by atoms with E-state index in [1.54, 1.807) is 0 Å². The van der Waals surface area contributed by atoms with E-state index in [2.05, 4.69) is 44.8 Å². The third kappa shape index (κ3) is 3.08. The highest BCUT2D eigenvalue weighted by atomic mass is 79.9. The number of benzene rings is 1. The zero-order valence-electron chi connectivity index (χ0n) is 7.56. The Bertz CT molecular complexity index is 286. The van der Waals surface area contributed by atoms with Gasteiger partial charge in [-0.3, -0.25) is 0 Å². The molecule has 0 saturated carbocycles. The van der Waals surface area contributed by atoms with Crippen molar-refractivity contribution < 1.29 is 0 Å². The topological polar surface area (TPSA) is 26.0 Å². The first-order valence-corrected chi connectivity index (χ1v) is 5.94. The first-order valence-electron chi connectivity index (χ1n) is 4.35. The molecular weight excluding hydrogens is 294 g/mol. The van der Waals surface area contributed by atoms with Gasteiger partial charge in [-0.1, -0.05) is 45.2 Å². The molecule has 0 aliphatic heterocycles. The van der Waals surface area contributed by atoms with Gasteiger partial charge in [-0.05, 0) is 30.2 Å². The second kappa shape index (κ2) is 5.13. The highest BCUT2D eigenvalue weighted by Gasteiger charge is 2.08. The molecule has 72 valence electrons. The van der Waals surface area contributed by atoms with E-state index in [4.69, 9.17) is 5.73 Å². The van der Waals surface area contributed by atoms with E-state index in [-0.39, 0.29) is 6.04 Å². The molecule has 1 atom stereocenters. The van der Waals surface area contributed by atoms with Crippen LogP contribution in [0, 0.1) is 0 Å². The lowest BCUT2D eigenvalue weighted by molar-refractivity contribution is 0.636. The summed E-state index contributed by atoms with van der Waals surface area (Å²) in [6.07, 6.45) is 2.13. The zero-order chi connectivity index (χ0) is 9.84. The second-order valence-corrected chi connectivity index (χ2v) is 4.83. The summed E-state index contributed by atoms with van der Waals surface area (Å²) < 4.78 is 2.17. The van der Waals surface area contributed by atoms with Crippen molar-refractivity contribution in [2.24, 2.45) is 5.73 Å². The molecule has 0 aliphatic carbocycles. The van der Waals surface area contributed by atoms with E-state index >= 15 is 0 Å². The fourth-order valence-electron chi connectivity index (χ4n) is 1.27. The molecule has 0 bridgehead atoms. The minimum atomic E-state index is 0.136. The molecule has 0 aliphatic rings. The highest BCUT2D eigenvalue weighted by molar-refractivity contribution is 9.11. The summed E-state index contributed by atoms with van der Waals surface area (Å²) in [6.45, 7) is 2.14. The summed E-state index contributed by atoms with van der Waals surface area (Å²) in [6, 6.07) is 6.24. The molecule has 0 heterocycles. The van der Waals surface area contributed by atoms with Crippen molar-refractivity contribution in [3.8, 4) is 0 Å². The van der Waals surface area contributed by atoms with E-state index in [9.17, 15) is 0 Å². The fourth-order valence-corrected chi connectivity index (χ4v) is 2.18. The average Bonchev–Trinajstić information content (AvgIpc) is 2.09. The summed E-state index contributed by atoms with van der Waals surface area (Å²) in [5, 5.41) is 0. The van der Waals surface area contributed by atoms with Crippen molar-refractivity contribution in [1.82, 2.24) is 0 Å². The van der Waals surface area contributed by atoms with Crippen LogP contribution < -0.4 is 5.73 Å². The quantitative estimate of drug-likeness (QED) is 0.897. The summed E-state index contributed by atoms with van der Waals surface area (Å²) in [4.78, 5) is 0. The average molecular weight is 307 g/mol. The Hall–Kier alpha value is 0.140. The van der Waals surface area contributed by atoms with Gasteiger partial charge in [0.05, 0.1) is 0 Å². The molecule has 0 radical (unpaired) electrons. The van der Waals surface area contributed by atoms with Gasteiger partial charge in [0.25, 0.3) is 0 Å². The van der Waals surface area contributed by atoms with E-state index in [1.165, 1.54) is 5.56 Å². The van der Waals surface area contributed by atoms with Crippen LogP contribution in [-0.4, -0.2) is 0 Å². The summed E-state index contributed by atoms with van der Waals surface area (Å²) in [5.41, 5.74) is 7.20. The molecule has 0 aromatic heterocycles. The van der Waals surface area contributed by atoms with Gasteiger partial charge in [0.1, 0.15) is 0 Å². The van der Waals surface area contributed by atoms with Crippen LogP contribution in [0.1, 0.15) is 31.4 Å². The van der Waals surface area contributed by atoms with Gasteiger partial charge in [-0.2, -0.15) is 0 Å². The van der Waals surface area contributed by atoms with Crippen LogP contribution in [0.4, 0.5) is 0 Å². The molecule has 3 heteroatoms. The lowest BCUT2D eigenvalue weighted by Gasteiger charge is -2.12. The van der Waals surface area contributed by atoms with E-state index in [0.717, 1.165) is 21.8 Å². The van der Waals surface area contributed by atoms with E-state index in [1.807, 2.05) is 12.1 Å². The van der Waals surface area contributed by atoms with Crippen molar-refractivity contribution in [1.29, 1.82) is 0 Å². The molecule has 1 aromatic rings. The number of rotatable bonds is 3. The van der Waals surface area contributed by atoms with Crippen LogP contribution in [0.5, 0.6) is 0 Å². The number of nitrogens with two attached hydrogens (primary N) is 1. The third-order valence-corrected chi connectivity index (χ3v) is 3.17. The molecule has 0 fully saturated rings. The molecular formula is C10H13Br2N. The van der Waals surface area contributed by atoms with Crippen molar-refractivity contribution in [3.63, 3.8) is 0 Å². The number of hydrogen-bond acceptors (Lipinski definition) is 1. The van der Waals surface area contributed by atoms with Gasteiger partial charge in [-0.25, -0.2) is 0 Å². The van der Waals surface area contributed by atoms with Crippen LogP contribution in [0.15, 0.2) is 27.1 Å². The highest BCUT2D eigenvalue weighted by Crippen LogP contribution is 2.27. The molecule has 2 N–H and O–H groups in total. The maximum absolute atomic E-state index is 6.02.